The van der Waals surface area contributed by atoms with Gasteiger partial charge in [0.1, 0.15) is 0 Å². The van der Waals surface area contributed by atoms with Crippen molar-refractivity contribution in [1.29, 1.82) is 0 Å². The van der Waals surface area contributed by atoms with Crippen LogP contribution in [0, 0.1) is 5.41 Å². The van der Waals surface area contributed by atoms with E-state index in [4.69, 9.17) is 0 Å². The van der Waals surface area contributed by atoms with Gasteiger partial charge in [0, 0.05) is 48.1 Å². The number of likely N-dealkylation sites (tertiary alicyclic amines) is 1. The summed E-state index contributed by atoms with van der Waals surface area (Å²) in [6.45, 7) is 3.85. The summed E-state index contributed by atoms with van der Waals surface area (Å²) in [4.78, 5) is 18.8. The Bertz CT molecular complexity index is 712. The van der Waals surface area contributed by atoms with E-state index in [1.54, 1.807) is 12.4 Å². The van der Waals surface area contributed by atoms with Crippen molar-refractivity contribution in [1.82, 2.24) is 20.1 Å². The molecule has 2 aliphatic rings. The first kappa shape index (κ1) is 15.4. The number of rotatable bonds is 3. The molecule has 0 bridgehead atoms. The molecule has 0 spiro atoms. The zero-order chi connectivity index (χ0) is 16.6. The van der Waals surface area contributed by atoms with E-state index in [1.165, 1.54) is 12.1 Å². The van der Waals surface area contributed by atoms with E-state index in [-0.39, 0.29) is 5.41 Å². The van der Waals surface area contributed by atoms with Crippen LogP contribution in [0.5, 0.6) is 0 Å². The normalized spacial score (nSPS) is 20.6. The molecule has 0 radical (unpaired) electrons. The lowest BCUT2D eigenvalue weighted by atomic mass is 9.69. The Hall–Kier alpha value is -2.17. The van der Waals surface area contributed by atoms with Gasteiger partial charge in [-0.3, -0.25) is 14.9 Å². The molecular formula is C19H24N4O. The van der Waals surface area contributed by atoms with Gasteiger partial charge in [-0.25, -0.2) is 0 Å². The number of hydrogen-bond donors (Lipinski definition) is 1. The highest BCUT2D eigenvalue weighted by Gasteiger charge is 2.42. The van der Waals surface area contributed by atoms with E-state index in [2.05, 4.69) is 33.1 Å². The number of H-pyrrole nitrogens is 1. The fourth-order valence-corrected chi connectivity index (χ4v) is 3.91. The van der Waals surface area contributed by atoms with Crippen LogP contribution < -0.4 is 0 Å². The standard InChI is InChI=1S/C19H24N4O/c1-19(7-2-8-19)18(24)23-11-5-15(6-12-23)17-13-16(21-22-17)14-3-9-20-10-4-14/h3-4,9-10,13,15H,2,5-8,11-12H2,1H3,(H,21,22). The average Bonchev–Trinajstić information content (AvgIpc) is 3.10. The molecule has 3 heterocycles. The summed E-state index contributed by atoms with van der Waals surface area (Å²) < 4.78 is 0. The molecule has 1 aliphatic carbocycles. The molecule has 0 aromatic carbocycles. The number of carbonyl (C=O) groups excluding carboxylic acids is 1. The molecule has 4 rings (SSSR count). The van der Waals surface area contributed by atoms with Crippen molar-refractivity contribution in [3.63, 3.8) is 0 Å². The number of hydrogen-bond acceptors (Lipinski definition) is 3. The van der Waals surface area contributed by atoms with E-state index < -0.39 is 0 Å². The second-order valence-electron chi connectivity index (χ2n) is 7.43. The molecule has 1 saturated heterocycles. The van der Waals surface area contributed by atoms with E-state index in [0.717, 1.165) is 50.0 Å². The Morgan fingerprint density at radius 1 is 1.25 bits per heavy atom. The maximum absolute atomic E-state index is 12.6. The Morgan fingerprint density at radius 2 is 1.96 bits per heavy atom. The fourth-order valence-electron chi connectivity index (χ4n) is 3.91. The molecular weight excluding hydrogens is 300 g/mol. The van der Waals surface area contributed by atoms with E-state index in [0.29, 0.717) is 11.8 Å². The Labute approximate surface area is 142 Å². The number of aromatic nitrogens is 3. The molecule has 0 atom stereocenters. The fraction of sp³-hybridized carbons (Fsp3) is 0.526. The number of pyridine rings is 1. The summed E-state index contributed by atoms with van der Waals surface area (Å²) in [7, 11) is 0. The molecule has 1 N–H and O–H groups in total. The number of nitrogens with one attached hydrogen (secondary N) is 1. The third-order valence-corrected chi connectivity index (χ3v) is 5.77. The van der Waals surface area contributed by atoms with Crippen molar-refractivity contribution < 1.29 is 4.79 Å². The van der Waals surface area contributed by atoms with Crippen LogP contribution in [0.25, 0.3) is 11.3 Å². The minimum Gasteiger partial charge on any atom is -0.342 e. The zero-order valence-electron chi connectivity index (χ0n) is 14.2. The van der Waals surface area contributed by atoms with Crippen molar-refractivity contribution in [2.45, 2.75) is 44.9 Å². The van der Waals surface area contributed by atoms with Gasteiger partial charge in [0.25, 0.3) is 0 Å². The second kappa shape index (κ2) is 6.04. The number of amides is 1. The predicted octanol–water partition coefficient (Wildman–Crippen LogP) is 3.37. The van der Waals surface area contributed by atoms with Gasteiger partial charge in [0.2, 0.25) is 5.91 Å². The maximum atomic E-state index is 12.6. The molecule has 24 heavy (non-hydrogen) atoms. The quantitative estimate of drug-likeness (QED) is 0.941. The highest BCUT2D eigenvalue weighted by Crippen LogP contribution is 2.42. The van der Waals surface area contributed by atoms with Crippen molar-refractivity contribution in [3.05, 3.63) is 36.3 Å². The molecule has 126 valence electrons. The first-order valence-corrected chi connectivity index (χ1v) is 8.91. The van der Waals surface area contributed by atoms with Gasteiger partial charge < -0.3 is 4.90 Å². The lowest BCUT2D eigenvalue weighted by Crippen LogP contribution is -2.48. The Morgan fingerprint density at radius 3 is 2.58 bits per heavy atom. The molecule has 1 aliphatic heterocycles. The van der Waals surface area contributed by atoms with Crippen LogP contribution in [0.3, 0.4) is 0 Å². The second-order valence-corrected chi connectivity index (χ2v) is 7.43. The van der Waals surface area contributed by atoms with Crippen molar-refractivity contribution >= 4 is 5.91 Å². The molecule has 2 aromatic heterocycles. The van der Waals surface area contributed by atoms with Gasteiger partial charge >= 0.3 is 0 Å². The Kier molecular flexibility index (Phi) is 3.87. The molecule has 5 nitrogen and oxygen atoms in total. The average molecular weight is 324 g/mol. The third-order valence-electron chi connectivity index (χ3n) is 5.77. The van der Waals surface area contributed by atoms with Crippen LogP contribution in [-0.4, -0.2) is 39.1 Å². The van der Waals surface area contributed by atoms with Crippen molar-refractivity contribution in [2.24, 2.45) is 5.41 Å². The van der Waals surface area contributed by atoms with Gasteiger partial charge in [-0.15, -0.1) is 0 Å². The van der Waals surface area contributed by atoms with Crippen LogP contribution in [0.15, 0.2) is 30.6 Å². The summed E-state index contributed by atoms with van der Waals surface area (Å²) in [6.07, 6.45) is 8.91. The topological polar surface area (TPSA) is 61.9 Å². The molecule has 0 unspecified atom stereocenters. The van der Waals surface area contributed by atoms with Crippen LogP contribution in [0.4, 0.5) is 0 Å². The third kappa shape index (κ3) is 2.72. The molecule has 2 fully saturated rings. The van der Waals surface area contributed by atoms with E-state index in [1.807, 2.05) is 12.1 Å². The van der Waals surface area contributed by atoms with Gasteiger partial charge in [-0.05, 0) is 43.9 Å². The summed E-state index contributed by atoms with van der Waals surface area (Å²) in [5.41, 5.74) is 3.16. The number of nitrogens with zero attached hydrogens (tertiary/aromatic N) is 3. The van der Waals surface area contributed by atoms with E-state index in [9.17, 15) is 4.79 Å². The smallest absolute Gasteiger partial charge is 0.228 e. The summed E-state index contributed by atoms with van der Waals surface area (Å²) in [5.74, 6) is 0.834. The minimum atomic E-state index is -0.0741. The summed E-state index contributed by atoms with van der Waals surface area (Å²) in [6, 6.07) is 6.09. The lowest BCUT2D eigenvalue weighted by Gasteiger charge is -2.42. The highest BCUT2D eigenvalue weighted by atomic mass is 16.2. The largest absolute Gasteiger partial charge is 0.342 e. The molecule has 1 amide bonds. The van der Waals surface area contributed by atoms with Gasteiger partial charge in [-0.2, -0.15) is 5.10 Å². The van der Waals surface area contributed by atoms with Gasteiger partial charge in [0.15, 0.2) is 0 Å². The number of carbonyl (C=O) groups is 1. The van der Waals surface area contributed by atoms with Gasteiger partial charge in [0.05, 0.1) is 5.69 Å². The first-order valence-electron chi connectivity index (χ1n) is 8.91. The van der Waals surface area contributed by atoms with Crippen molar-refractivity contribution in [2.75, 3.05) is 13.1 Å². The predicted molar refractivity (Wildman–Crippen MR) is 92.3 cm³/mol. The molecule has 5 heteroatoms. The van der Waals surface area contributed by atoms with Crippen LogP contribution in [0.2, 0.25) is 0 Å². The first-order chi connectivity index (χ1) is 11.7. The Balaban J connectivity index is 1.40. The highest BCUT2D eigenvalue weighted by molar-refractivity contribution is 5.83. The number of aromatic amines is 1. The number of piperidine rings is 1. The van der Waals surface area contributed by atoms with Gasteiger partial charge in [-0.1, -0.05) is 13.3 Å². The van der Waals surface area contributed by atoms with Crippen LogP contribution in [-0.2, 0) is 4.79 Å². The molecule has 1 saturated carbocycles. The minimum absolute atomic E-state index is 0.0741. The lowest BCUT2D eigenvalue weighted by molar-refractivity contribution is -0.147. The zero-order valence-corrected chi connectivity index (χ0v) is 14.2. The molecule has 2 aromatic rings. The van der Waals surface area contributed by atoms with Crippen molar-refractivity contribution in [3.8, 4) is 11.3 Å². The SMILES string of the molecule is CC1(C(=O)N2CCC(c3cc(-c4ccncc4)n[nH]3)CC2)CCC1. The van der Waals surface area contributed by atoms with E-state index >= 15 is 0 Å². The summed E-state index contributed by atoms with van der Waals surface area (Å²) >= 11 is 0. The van der Waals surface area contributed by atoms with Crippen LogP contribution >= 0.6 is 0 Å². The monoisotopic (exact) mass is 324 g/mol. The van der Waals surface area contributed by atoms with Crippen LogP contribution in [0.1, 0.15) is 50.6 Å². The maximum Gasteiger partial charge on any atom is 0.228 e. The summed E-state index contributed by atoms with van der Waals surface area (Å²) in [5, 5.41) is 7.64.